The lowest BCUT2D eigenvalue weighted by Gasteiger charge is -2.25. The van der Waals surface area contributed by atoms with Crippen LogP contribution >= 0.6 is 0 Å². The molecule has 1 aliphatic heterocycles. The van der Waals surface area contributed by atoms with Crippen LogP contribution in [-0.4, -0.2) is 62.2 Å². The highest BCUT2D eigenvalue weighted by atomic mass is 15.2. The normalized spacial score (nSPS) is 25.6. The maximum atomic E-state index is 9.06. The average molecular weight is 224 g/mol. The van der Waals surface area contributed by atoms with Crippen molar-refractivity contribution in [3.8, 4) is 6.07 Å². The molecule has 4 nitrogen and oxygen atoms in total. The van der Waals surface area contributed by atoms with Crippen molar-refractivity contribution in [2.45, 2.75) is 31.3 Å². The Morgan fingerprint density at radius 1 is 1.56 bits per heavy atom. The van der Waals surface area contributed by atoms with Crippen molar-refractivity contribution in [2.24, 2.45) is 0 Å². The largest absolute Gasteiger partial charge is 0.305 e. The number of nitrogens with zero attached hydrogens (tertiary/aromatic N) is 3. The Labute approximate surface area is 99.2 Å². The fraction of sp³-hybridized carbons (Fsp3) is 0.917. The molecular weight excluding hydrogens is 200 g/mol. The number of nitriles is 1. The van der Waals surface area contributed by atoms with Crippen molar-refractivity contribution in [2.75, 3.05) is 40.8 Å². The van der Waals surface area contributed by atoms with Gasteiger partial charge in [0.2, 0.25) is 0 Å². The van der Waals surface area contributed by atoms with Gasteiger partial charge in [0.05, 0.1) is 6.07 Å². The van der Waals surface area contributed by atoms with Crippen molar-refractivity contribution in [1.29, 1.82) is 5.26 Å². The summed E-state index contributed by atoms with van der Waals surface area (Å²) < 4.78 is 0. The predicted octanol–water partition coefficient (Wildman–Crippen LogP) is 0.514. The van der Waals surface area contributed by atoms with Crippen LogP contribution in [0.4, 0.5) is 0 Å². The molecule has 16 heavy (non-hydrogen) atoms. The van der Waals surface area contributed by atoms with Crippen LogP contribution in [0.25, 0.3) is 0 Å². The van der Waals surface area contributed by atoms with Crippen LogP contribution in [0.2, 0.25) is 0 Å². The molecule has 1 heterocycles. The van der Waals surface area contributed by atoms with Crippen molar-refractivity contribution >= 4 is 0 Å². The molecule has 92 valence electrons. The van der Waals surface area contributed by atoms with Gasteiger partial charge in [-0.25, -0.2) is 0 Å². The number of rotatable bonds is 5. The predicted molar refractivity (Wildman–Crippen MR) is 66.2 cm³/mol. The van der Waals surface area contributed by atoms with Crippen LogP contribution in [-0.2, 0) is 0 Å². The molecule has 1 aliphatic rings. The number of hydrogen-bond donors (Lipinski definition) is 1. The summed E-state index contributed by atoms with van der Waals surface area (Å²) in [5.74, 6) is 0. The number of hydrogen-bond acceptors (Lipinski definition) is 4. The third-order valence-corrected chi connectivity index (χ3v) is 3.70. The molecule has 1 rings (SSSR count). The lowest BCUT2D eigenvalue weighted by Crippen LogP contribution is -2.41. The summed E-state index contributed by atoms with van der Waals surface area (Å²) in [7, 11) is 6.14. The lowest BCUT2D eigenvalue weighted by molar-refractivity contribution is 0.254. The average Bonchev–Trinajstić information content (AvgIpc) is 2.75. The second-order valence-electron chi connectivity index (χ2n) is 5.15. The van der Waals surface area contributed by atoms with E-state index in [1.165, 1.54) is 6.42 Å². The molecule has 4 heteroatoms. The molecule has 2 unspecified atom stereocenters. The van der Waals surface area contributed by atoms with Gasteiger partial charge in [-0.3, -0.25) is 0 Å². The van der Waals surface area contributed by atoms with Gasteiger partial charge in [-0.15, -0.1) is 0 Å². The third kappa shape index (κ3) is 3.44. The molecule has 0 aromatic rings. The topological polar surface area (TPSA) is 42.3 Å². The minimum Gasteiger partial charge on any atom is -0.305 e. The van der Waals surface area contributed by atoms with Gasteiger partial charge in [0.15, 0.2) is 0 Å². The van der Waals surface area contributed by atoms with E-state index in [9.17, 15) is 0 Å². The van der Waals surface area contributed by atoms with Gasteiger partial charge in [-0.2, -0.15) is 5.26 Å². The molecule has 0 aromatic carbocycles. The number of likely N-dealkylation sites (tertiary alicyclic amines) is 1. The summed E-state index contributed by atoms with van der Waals surface area (Å²) in [5, 5.41) is 12.1. The highest BCUT2D eigenvalue weighted by Crippen LogP contribution is 2.16. The summed E-state index contributed by atoms with van der Waals surface area (Å²) in [6.45, 7) is 5.27. The number of nitrogens with one attached hydrogen (secondary N) is 1. The summed E-state index contributed by atoms with van der Waals surface area (Å²) >= 11 is 0. The zero-order valence-corrected chi connectivity index (χ0v) is 11.0. The first-order valence-corrected chi connectivity index (χ1v) is 5.99. The molecule has 1 fully saturated rings. The van der Waals surface area contributed by atoms with Crippen molar-refractivity contribution in [3.05, 3.63) is 0 Å². The monoisotopic (exact) mass is 224 g/mol. The van der Waals surface area contributed by atoms with Gasteiger partial charge >= 0.3 is 0 Å². The molecular formula is C12H24N4. The van der Waals surface area contributed by atoms with E-state index < -0.39 is 0 Å². The van der Waals surface area contributed by atoms with Gasteiger partial charge in [0, 0.05) is 19.1 Å². The molecule has 1 saturated heterocycles. The van der Waals surface area contributed by atoms with Crippen molar-refractivity contribution < 1.29 is 0 Å². The van der Waals surface area contributed by atoms with Crippen LogP contribution in [0.15, 0.2) is 0 Å². The Morgan fingerprint density at radius 3 is 2.69 bits per heavy atom. The smallest absolute Gasteiger partial charge is 0.104 e. The first-order chi connectivity index (χ1) is 7.50. The van der Waals surface area contributed by atoms with Crippen LogP contribution in [0.1, 0.15) is 19.8 Å². The van der Waals surface area contributed by atoms with Crippen LogP contribution in [0, 0.1) is 11.3 Å². The zero-order chi connectivity index (χ0) is 12.2. The first kappa shape index (κ1) is 13.4. The molecule has 0 spiro atoms. The Bertz CT molecular complexity index is 258. The maximum absolute atomic E-state index is 9.06. The van der Waals surface area contributed by atoms with E-state index in [1.54, 1.807) is 0 Å². The van der Waals surface area contributed by atoms with Gasteiger partial charge in [-0.1, -0.05) is 0 Å². The summed E-state index contributed by atoms with van der Waals surface area (Å²) in [5.41, 5.74) is -0.379. The molecule has 1 N–H and O–H groups in total. The van der Waals surface area contributed by atoms with Gasteiger partial charge in [-0.05, 0) is 47.5 Å². The molecule has 0 amide bonds. The fourth-order valence-corrected chi connectivity index (χ4v) is 2.06. The summed E-state index contributed by atoms with van der Waals surface area (Å²) in [4.78, 5) is 4.75. The molecule has 0 saturated carbocycles. The summed E-state index contributed by atoms with van der Waals surface area (Å²) in [6, 6.07) is 3.02. The lowest BCUT2D eigenvalue weighted by atomic mass is 10.0. The van der Waals surface area contributed by atoms with Crippen LogP contribution in [0.3, 0.4) is 0 Å². The van der Waals surface area contributed by atoms with E-state index in [-0.39, 0.29) is 5.54 Å². The standard InChI is InChI=1S/C12H24N4/c1-12(10-13,14-2)6-8-16-7-5-11(9-16)15(3)4/h11,14H,5-9H2,1-4H3. The van der Waals surface area contributed by atoms with Crippen molar-refractivity contribution in [1.82, 2.24) is 15.1 Å². The SMILES string of the molecule is CNC(C)(C#N)CCN1CCC(N(C)C)C1. The molecule has 0 radical (unpaired) electrons. The Kier molecular flexibility index (Phi) is 4.72. The van der Waals surface area contributed by atoms with Gasteiger partial charge < -0.3 is 15.1 Å². The van der Waals surface area contributed by atoms with Gasteiger partial charge in [0.1, 0.15) is 5.54 Å². The van der Waals surface area contributed by atoms with E-state index in [0.29, 0.717) is 6.04 Å². The number of likely N-dealkylation sites (N-methyl/N-ethyl adjacent to an activating group) is 1. The maximum Gasteiger partial charge on any atom is 0.104 e. The molecule has 0 aliphatic carbocycles. The molecule has 0 aromatic heterocycles. The molecule has 2 atom stereocenters. The van der Waals surface area contributed by atoms with E-state index in [1.807, 2.05) is 14.0 Å². The Morgan fingerprint density at radius 2 is 2.25 bits per heavy atom. The Balaban J connectivity index is 2.33. The van der Waals surface area contributed by atoms with E-state index in [2.05, 4.69) is 35.3 Å². The quantitative estimate of drug-likeness (QED) is 0.739. The highest BCUT2D eigenvalue weighted by Gasteiger charge is 2.27. The highest BCUT2D eigenvalue weighted by molar-refractivity contribution is 5.03. The van der Waals surface area contributed by atoms with E-state index in [4.69, 9.17) is 5.26 Å². The van der Waals surface area contributed by atoms with E-state index >= 15 is 0 Å². The Hall–Kier alpha value is -0.630. The van der Waals surface area contributed by atoms with Crippen LogP contribution in [0.5, 0.6) is 0 Å². The van der Waals surface area contributed by atoms with Crippen LogP contribution < -0.4 is 5.32 Å². The minimum absolute atomic E-state index is 0.379. The second kappa shape index (κ2) is 5.62. The summed E-state index contributed by atoms with van der Waals surface area (Å²) in [6.07, 6.45) is 2.13. The first-order valence-electron chi connectivity index (χ1n) is 5.99. The van der Waals surface area contributed by atoms with E-state index in [0.717, 1.165) is 26.1 Å². The van der Waals surface area contributed by atoms with Gasteiger partial charge in [0.25, 0.3) is 0 Å². The zero-order valence-electron chi connectivity index (χ0n) is 11.0. The van der Waals surface area contributed by atoms with Crippen molar-refractivity contribution in [3.63, 3.8) is 0 Å². The second-order valence-corrected chi connectivity index (χ2v) is 5.15. The fourth-order valence-electron chi connectivity index (χ4n) is 2.06. The molecule has 0 bridgehead atoms. The minimum atomic E-state index is -0.379. The third-order valence-electron chi connectivity index (χ3n) is 3.70.